The van der Waals surface area contributed by atoms with Crippen molar-refractivity contribution in [1.29, 1.82) is 5.26 Å². The third kappa shape index (κ3) is 3.43. The number of esters is 1. The minimum atomic E-state index is -0.458. The molecule has 1 atom stereocenters. The summed E-state index contributed by atoms with van der Waals surface area (Å²) in [5, 5.41) is 9.19. The molecule has 0 aliphatic heterocycles. The summed E-state index contributed by atoms with van der Waals surface area (Å²) in [6.45, 7) is 1.91. The Labute approximate surface area is 136 Å². The number of hydrogen-bond acceptors (Lipinski definition) is 5. The molecule has 112 valence electrons. The SMILES string of the molecule is COC(=O)c1ccc(Oc2cccc(C#N)c2C(C)Br)nc1. The zero-order chi connectivity index (χ0) is 16.1. The first kappa shape index (κ1) is 16.0. The average molecular weight is 361 g/mol. The molecular weight excluding hydrogens is 348 g/mol. The second kappa shape index (κ2) is 7.05. The van der Waals surface area contributed by atoms with Crippen molar-refractivity contribution < 1.29 is 14.3 Å². The fourth-order valence-corrected chi connectivity index (χ4v) is 2.40. The number of carbonyl (C=O) groups is 1. The lowest BCUT2D eigenvalue weighted by Crippen LogP contribution is -2.02. The minimum absolute atomic E-state index is 0.0484. The van der Waals surface area contributed by atoms with Crippen LogP contribution in [-0.2, 0) is 4.74 Å². The zero-order valence-electron chi connectivity index (χ0n) is 12.0. The molecule has 1 unspecified atom stereocenters. The topological polar surface area (TPSA) is 72.2 Å². The van der Waals surface area contributed by atoms with Crippen LogP contribution in [0, 0.1) is 11.3 Å². The summed E-state index contributed by atoms with van der Waals surface area (Å²) in [6.07, 6.45) is 1.38. The summed E-state index contributed by atoms with van der Waals surface area (Å²) >= 11 is 3.47. The first-order chi connectivity index (χ1) is 10.6. The molecule has 1 heterocycles. The molecule has 0 aliphatic rings. The number of benzene rings is 1. The van der Waals surface area contributed by atoms with E-state index >= 15 is 0 Å². The number of halogens is 1. The molecule has 5 nitrogen and oxygen atoms in total. The van der Waals surface area contributed by atoms with Crippen LogP contribution >= 0.6 is 15.9 Å². The predicted octanol–water partition coefficient (Wildman–Crippen LogP) is 3.99. The van der Waals surface area contributed by atoms with Crippen LogP contribution in [-0.4, -0.2) is 18.1 Å². The number of ether oxygens (including phenoxy) is 2. The molecule has 22 heavy (non-hydrogen) atoms. The van der Waals surface area contributed by atoms with Crippen molar-refractivity contribution in [3.05, 3.63) is 53.2 Å². The third-order valence-electron chi connectivity index (χ3n) is 2.96. The van der Waals surface area contributed by atoms with Crippen molar-refractivity contribution in [2.45, 2.75) is 11.8 Å². The first-order valence-electron chi connectivity index (χ1n) is 6.46. The summed E-state index contributed by atoms with van der Waals surface area (Å²) in [4.78, 5) is 15.4. The van der Waals surface area contributed by atoms with Gasteiger partial charge in [0.05, 0.1) is 24.3 Å². The quantitative estimate of drug-likeness (QED) is 0.608. The molecule has 0 aliphatic carbocycles. The third-order valence-corrected chi connectivity index (χ3v) is 3.41. The second-order valence-electron chi connectivity index (χ2n) is 4.42. The summed E-state index contributed by atoms with van der Waals surface area (Å²) in [5.74, 6) is 0.416. The van der Waals surface area contributed by atoms with Gasteiger partial charge in [0, 0.05) is 22.7 Å². The van der Waals surface area contributed by atoms with Crippen molar-refractivity contribution in [1.82, 2.24) is 4.98 Å². The molecule has 1 aromatic carbocycles. The minimum Gasteiger partial charge on any atom is -0.465 e. The van der Waals surface area contributed by atoms with Crippen LogP contribution in [0.2, 0.25) is 0 Å². The van der Waals surface area contributed by atoms with Crippen molar-refractivity contribution in [3.63, 3.8) is 0 Å². The summed E-state index contributed by atoms with van der Waals surface area (Å²) in [6, 6.07) is 10.5. The Morgan fingerprint density at radius 3 is 2.68 bits per heavy atom. The number of alkyl halides is 1. The Hall–Kier alpha value is -2.39. The van der Waals surface area contributed by atoms with Crippen LogP contribution in [0.5, 0.6) is 11.6 Å². The van der Waals surface area contributed by atoms with Crippen LogP contribution in [0.3, 0.4) is 0 Å². The number of nitrogens with zero attached hydrogens (tertiary/aromatic N) is 2. The van der Waals surface area contributed by atoms with Gasteiger partial charge in [-0.3, -0.25) is 0 Å². The van der Waals surface area contributed by atoms with Gasteiger partial charge in [0.2, 0.25) is 5.88 Å². The Morgan fingerprint density at radius 2 is 2.14 bits per heavy atom. The Balaban J connectivity index is 2.32. The molecule has 0 amide bonds. The smallest absolute Gasteiger partial charge is 0.339 e. The fourth-order valence-electron chi connectivity index (χ4n) is 1.93. The lowest BCUT2D eigenvalue weighted by Gasteiger charge is -2.13. The molecule has 1 aromatic heterocycles. The van der Waals surface area contributed by atoms with Gasteiger partial charge in [-0.1, -0.05) is 22.0 Å². The lowest BCUT2D eigenvalue weighted by atomic mass is 10.1. The van der Waals surface area contributed by atoms with E-state index < -0.39 is 5.97 Å². The first-order valence-corrected chi connectivity index (χ1v) is 7.37. The average Bonchev–Trinajstić information content (AvgIpc) is 2.54. The van der Waals surface area contributed by atoms with Gasteiger partial charge in [0.15, 0.2) is 0 Å². The highest BCUT2D eigenvalue weighted by Gasteiger charge is 2.15. The number of aromatic nitrogens is 1. The van der Waals surface area contributed by atoms with Gasteiger partial charge in [-0.25, -0.2) is 9.78 Å². The van der Waals surface area contributed by atoms with Gasteiger partial charge in [-0.2, -0.15) is 5.26 Å². The van der Waals surface area contributed by atoms with Crippen molar-refractivity contribution in [2.24, 2.45) is 0 Å². The lowest BCUT2D eigenvalue weighted by molar-refractivity contribution is 0.0600. The summed E-state index contributed by atoms with van der Waals surface area (Å²) in [7, 11) is 1.31. The Kier molecular flexibility index (Phi) is 5.12. The maximum absolute atomic E-state index is 11.4. The van der Waals surface area contributed by atoms with Gasteiger partial charge >= 0.3 is 5.97 Å². The van der Waals surface area contributed by atoms with E-state index in [2.05, 4.69) is 31.7 Å². The number of carbonyl (C=O) groups excluding carboxylic acids is 1. The number of rotatable bonds is 4. The molecule has 0 radical (unpaired) electrons. The van der Waals surface area contributed by atoms with E-state index in [9.17, 15) is 10.1 Å². The number of hydrogen-bond donors (Lipinski definition) is 0. The Morgan fingerprint density at radius 1 is 1.36 bits per heavy atom. The van der Waals surface area contributed by atoms with E-state index in [0.29, 0.717) is 22.8 Å². The number of pyridine rings is 1. The normalized spacial score (nSPS) is 11.4. The van der Waals surface area contributed by atoms with Gasteiger partial charge in [-0.05, 0) is 25.1 Å². The van der Waals surface area contributed by atoms with Gasteiger partial charge in [0.1, 0.15) is 5.75 Å². The molecule has 2 aromatic rings. The fraction of sp³-hybridized carbons (Fsp3) is 0.188. The largest absolute Gasteiger partial charge is 0.465 e. The van der Waals surface area contributed by atoms with Crippen LogP contribution in [0.15, 0.2) is 36.5 Å². The van der Waals surface area contributed by atoms with Crippen molar-refractivity contribution in [2.75, 3.05) is 7.11 Å². The van der Waals surface area contributed by atoms with Crippen LogP contribution < -0.4 is 4.74 Å². The van der Waals surface area contributed by atoms with Gasteiger partial charge in [-0.15, -0.1) is 0 Å². The number of nitriles is 1. The summed E-state index contributed by atoms with van der Waals surface area (Å²) < 4.78 is 10.4. The molecule has 2 rings (SSSR count). The Bertz CT molecular complexity index is 721. The molecular formula is C16H13BrN2O3. The predicted molar refractivity (Wildman–Crippen MR) is 84.1 cm³/mol. The molecule has 0 saturated heterocycles. The summed E-state index contributed by atoms with van der Waals surface area (Å²) in [5.41, 5.74) is 1.63. The molecule has 0 saturated carbocycles. The van der Waals surface area contributed by atoms with Crippen LogP contribution in [0.25, 0.3) is 0 Å². The van der Waals surface area contributed by atoms with E-state index in [1.165, 1.54) is 13.3 Å². The van der Waals surface area contributed by atoms with Crippen molar-refractivity contribution >= 4 is 21.9 Å². The van der Waals surface area contributed by atoms with E-state index in [1.807, 2.05) is 6.92 Å². The maximum atomic E-state index is 11.4. The second-order valence-corrected chi connectivity index (χ2v) is 5.80. The van der Waals surface area contributed by atoms with Crippen LogP contribution in [0.1, 0.15) is 33.2 Å². The molecule has 0 bridgehead atoms. The highest BCUT2D eigenvalue weighted by Crippen LogP contribution is 2.35. The molecule has 0 N–H and O–H groups in total. The number of methoxy groups -OCH3 is 1. The molecule has 6 heteroatoms. The maximum Gasteiger partial charge on any atom is 0.339 e. The van der Waals surface area contributed by atoms with Crippen LogP contribution in [0.4, 0.5) is 0 Å². The molecule has 0 spiro atoms. The van der Waals surface area contributed by atoms with E-state index in [-0.39, 0.29) is 4.83 Å². The standard InChI is InChI=1S/C16H13BrN2O3/c1-10(17)15-11(8-18)4-3-5-13(15)22-14-7-6-12(9-19-14)16(20)21-2/h3-7,9-10H,1-2H3. The van der Waals surface area contributed by atoms with E-state index in [4.69, 9.17) is 4.74 Å². The monoisotopic (exact) mass is 360 g/mol. The van der Waals surface area contributed by atoms with E-state index in [0.717, 1.165) is 5.56 Å². The van der Waals surface area contributed by atoms with Crippen molar-refractivity contribution in [3.8, 4) is 17.7 Å². The zero-order valence-corrected chi connectivity index (χ0v) is 13.6. The highest BCUT2D eigenvalue weighted by molar-refractivity contribution is 9.09. The van der Waals surface area contributed by atoms with Gasteiger partial charge < -0.3 is 9.47 Å². The highest BCUT2D eigenvalue weighted by atomic mass is 79.9. The molecule has 0 fully saturated rings. The van der Waals surface area contributed by atoms with E-state index in [1.54, 1.807) is 30.3 Å². The van der Waals surface area contributed by atoms with Gasteiger partial charge in [0.25, 0.3) is 0 Å².